The maximum absolute atomic E-state index is 13.5. The van der Waals surface area contributed by atoms with Crippen LogP contribution in [-0.2, 0) is 9.84 Å². The molecule has 164 valence electrons. The smallest absolute Gasteiger partial charge is 0.208 e. The van der Waals surface area contributed by atoms with Crippen molar-refractivity contribution in [2.45, 2.75) is 42.9 Å². The lowest BCUT2D eigenvalue weighted by atomic mass is 10.2. The minimum absolute atomic E-state index is 0.350. The molecule has 3 rings (SSSR count). The summed E-state index contributed by atoms with van der Waals surface area (Å²) >= 11 is 0. The third kappa shape index (κ3) is 5.16. The van der Waals surface area contributed by atoms with Crippen LogP contribution < -0.4 is 9.80 Å². The SMILES string of the molecule is CCCN(CCC)c1cc(N2CCCN(C)CC2)ccc1S(=O)(=O)c1ccccc1. The number of anilines is 2. The Balaban J connectivity index is 2.07. The lowest BCUT2D eigenvalue weighted by Crippen LogP contribution is -2.30. The van der Waals surface area contributed by atoms with Crippen LogP contribution in [0.15, 0.2) is 58.3 Å². The number of benzene rings is 2. The fourth-order valence-electron chi connectivity index (χ4n) is 4.10. The van der Waals surface area contributed by atoms with Gasteiger partial charge in [-0.1, -0.05) is 32.0 Å². The first-order valence-corrected chi connectivity index (χ1v) is 12.6. The summed E-state index contributed by atoms with van der Waals surface area (Å²) in [7, 11) is -1.42. The molecule has 30 heavy (non-hydrogen) atoms. The molecular weight excluding hydrogens is 394 g/mol. The number of sulfone groups is 1. The van der Waals surface area contributed by atoms with Crippen LogP contribution in [0.25, 0.3) is 0 Å². The lowest BCUT2D eigenvalue weighted by molar-refractivity contribution is 0.360. The fourth-order valence-corrected chi connectivity index (χ4v) is 5.58. The third-order valence-corrected chi connectivity index (χ3v) is 7.51. The van der Waals surface area contributed by atoms with Crippen molar-refractivity contribution in [3.63, 3.8) is 0 Å². The van der Waals surface area contributed by atoms with Gasteiger partial charge in [-0.3, -0.25) is 0 Å². The van der Waals surface area contributed by atoms with Crippen molar-refractivity contribution in [2.75, 3.05) is 56.1 Å². The van der Waals surface area contributed by atoms with Gasteiger partial charge in [-0.25, -0.2) is 8.42 Å². The second kappa shape index (κ2) is 10.3. The van der Waals surface area contributed by atoms with E-state index >= 15 is 0 Å². The van der Waals surface area contributed by atoms with Crippen LogP contribution in [0, 0.1) is 0 Å². The molecule has 5 nitrogen and oxygen atoms in total. The summed E-state index contributed by atoms with van der Waals surface area (Å²) in [5.74, 6) is 0. The number of hydrogen-bond acceptors (Lipinski definition) is 5. The van der Waals surface area contributed by atoms with Crippen LogP contribution >= 0.6 is 0 Å². The highest BCUT2D eigenvalue weighted by atomic mass is 32.2. The van der Waals surface area contributed by atoms with E-state index in [1.807, 2.05) is 18.2 Å². The Hall–Kier alpha value is -2.05. The molecule has 1 aliphatic heterocycles. The number of hydrogen-bond donors (Lipinski definition) is 0. The Kier molecular flexibility index (Phi) is 7.78. The second-order valence-electron chi connectivity index (χ2n) is 8.10. The van der Waals surface area contributed by atoms with E-state index < -0.39 is 9.84 Å². The van der Waals surface area contributed by atoms with E-state index in [1.54, 1.807) is 24.3 Å². The van der Waals surface area contributed by atoms with Crippen LogP contribution in [0.3, 0.4) is 0 Å². The van der Waals surface area contributed by atoms with Gasteiger partial charge in [-0.15, -0.1) is 0 Å². The van der Waals surface area contributed by atoms with Crippen molar-refractivity contribution in [3.8, 4) is 0 Å². The van der Waals surface area contributed by atoms with Crippen LogP contribution in [0.2, 0.25) is 0 Å². The molecule has 0 amide bonds. The molecule has 0 saturated carbocycles. The topological polar surface area (TPSA) is 43.9 Å². The first-order chi connectivity index (χ1) is 14.5. The van der Waals surface area contributed by atoms with Crippen molar-refractivity contribution in [3.05, 3.63) is 48.5 Å². The lowest BCUT2D eigenvalue weighted by Gasteiger charge is -2.29. The summed E-state index contributed by atoms with van der Waals surface area (Å²) in [6, 6.07) is 14.7. The summed E-state index contributed by atoms with van der Waals surface area (Å²) in [5, 5.41) is 0. The number of rotatable bonds is 8. The molecule has 1 fully saturated rings. The molecule has 0 radical (unpaired) electrons. The van der Waals surface area contributed by atoms with Crippen LogP contribution in [0.1, 0.15) is 33.1 Å². The summed E-state index contributed by atoms with van der Waals surface area (Å²) in [4.78, 5) is 7.75. The molecule has 2 aromatic carbocycles. The molecule has 2 aromatic rings. The minimum atomic E-state index is -3.58. The zero-order valence-electron chi connectivity index (χ0n) is 18.5. The standard InChI is InChI=1S/C24H35N3O2S/c1-4-14-27(15-5-2)23-20-21(26-17-9-16-25(3)18-19-26)12-13-24(23)30(28,29)22-10-7-6-8-11-22/h6-8,10-13,20H,4-5,9,14-19H2,1-3H3. The van der Waals surface area contributed by atoms with Crippen LogP contribution in [-0.4, -0.2) is 59.6 Å². The molecular formula is C24H35N3O2S. The van der Waals surface area contributed by atoms with E-state index in [0.29, 0.717) is 9.79 Å². The monoisotopic (exact) mass is 429 g/mol. The van der Waals surface area contributed by atoms with E-state index in [0.717, 1.165) is 69.9 Å². The molecule has 0 spiro atoms. The van der Waals surface area contributed by atoms with E-state index in [-0.39, 0.29) is 0 Å². The highest BCUT2D eigenvalue weighted by Gasteiger charge is 2.25. The van der Waals surface area contributed by atoms with Crippen molar-refractivity contribution in [2.24, 2.45) is 0 Å². The van der Waals surface area contributed by atoms with Crippen molar-refractivity contribution in [1.29, 1.82) is 0 Å². The van der Waals surface area contributed by atoms with Gasteiger partial charge in [0.05, 0.1) is 15.5 Å². The van der Waals surface area contributed by atoms with Gasteiger partial charge in [0, 0.05) is 38.4 Å². The van der Waals surface area contributed by atoms with Gasteiger partial charge in [0.15, 0.2) is 0 Å². The molecule has 0 unspecified atom stereocenters. The van der Waals surface area contributed by atoms with E-state index in [4.69, 9.17) is 0 Å². The Morgan fingerprint density at radius 2 is 1.60 bits per heavy atom. The first-order valence-electron chi connectivity index (χ1n) is 11.1. The van der Waals surface area contributed by atoms with Crippen LogP contribution in [0.4, 0.5) is 11.4 Å². The summed E-state index contributed by atoms with van der Waals surface area (Å²) in [5.41, 5.74) is 1.95. The van der Waals surface area contributed by atoms with Gasteiger partial charge in [0.25, 0.3) is 0 Å². The van der Waals surface area contributed by atoms with Crippen molar-refractivity contribution in [1.82, 2.24) is 4.90 Å². The Morgan fingerprint density at radius 1 is 0.900 bits per heavy atom. The van der Waals surface area contributed by atoms with Gasteiger partial charge >= 0.3 is 0 Å². The Morgan fingerprint density at radius 3 is 2.27 bits per heavy atom. The average molecular weight is 430 g/mol. The quantitative estimate of drug-likeness (QED) is 0.626. The predicted octanol–water partition coefficient (Wildman–Crippen LogP) is 4.29. The molecule has 1 saturated heterocycles. The van der Waals surface area contributed by atoms with Gasteiger partial charge in [-0.2, -0.15) is 0 Å². The van der Waals surface area contributed by atoms with Gasteiger partial charge < -0.3 is 14.7 Å². The second-order valence-corrected chi connectivity index (χ2v) is 10.0. The van der Waals surface area contributed by atoms with Crippen molar-refractivity contribution >= 4 is 21.2 Å². The van der Waals surface area contributed by atoms with E-state index in [2.05, 4.69) is 41.7 Å². The average Bonchev–Trinajstić information content (AvgIpc) is 2.98. The van der Waals surface area contributed by atoms with Crippen LogP contribution in [0.5, 0.6) is 0 Å². The summed E-state index contributed by atoms with van der Waals surface area (Å²) in [6.45, 7) is 10.0. The molecule has 0 atom stereocenters. The van der Waals surface area contributed by atoms with Crippen molar-refractivity contribution < 1.29 is 8.42 Å². The molecule has 0 N–H and O–H groups in total. The van der Waals surface area contributed by atoms with Gasteiger partial charge in [-0.05, 0) is 63.2 Å². The zero-order valence-corrected chi connectivity index (χ0v) is 19.4. The Labute approximate surface area is 182 Å². The largest absolute Gasteiger partial charge is 0.370 e. The molecule has 0 aromatic heterocycles. The molecule has 0 bridgehead atoms. The molecule has 1 aliphatic rings. The minimum Gasteiger partial charge on any atom is -0.370 e. The summed E-state index contributed by atoms with van der Waals surface area (Å²) < 4.78 is 27.0. The number of nitrogens with zero attached hydrogens (tertiary/aromatic N) is 3. The zero-order chi connectivity index (χ0) is 21.6. The maximum Gasteiger partial charge on any atom is 0.208 e. The summed E-state index contributed by atoms with van der Waals surface area (Å²) in [6.07, 6.45) is 3.07. The molecule has 0 aliphatic carbocycles. The van der Waals surface area contributed by atoms with Gasteiger partial charge in [0.2, 0.25) is 9.84 Å². The van der Waals surface area contributed by atoms with E-state index in [1.165, 1.54) is 0 Å². The maximum atomic E-state index is 13.5. The highest BCUT2D eigenvalue weighted by Crippen LogP contribution is 2.34. The highest BCUT2D eigenvalue weighted by molar-refractivity contribution is 7.91. The molecule has 6 heteroatoms. The Bertz CT molecular complexity index is 909. The first kappa shape index (κ1) is 22.6. The molecule has 1 heterocycles. The van der Waals surface area contributed by atoms with Gasteiger partial charge in [0.1, 0.15) is 0 Å². The fraction of sp³-hybridized carbons (Fsp3) is 0.500. The number of likely N-dealkylation sites (N-methyl/N-ethyl adjacent to an activating group) is 1. The third-order valence-electron chi connectivity index (χ3n) is 5.70. The predicted molar refractivity (Wildman–Crippen MR) is 125 cm³/mol. The normalized spacial score (nSPS) is 15.8. The van der Waals surface area contributed by atoms with E-state index in [9.17, 15) is 8.42 Å².